The van der Waals surface area contributed by atoms with E-state index in [9.17, 15) is 5.11 Å². The van der Waals surface area contributed by atoms with Crippen LogP contribution in [0.4, 0.5) is 0 Å². The maximum atomic E-state index is 10.6. The monoisotopic (exact) mass is 401 g/mol. The van der Waals surface area contributed by atoms with Gasteiger partial charge < -0.3 is 19.3 Å². The smallest absolute Gasteiger partial charge is 0.161 e. The lowest BCUT2D eigenvalue weighted by atomic mass is 10.1. The lowest BCUT2D eigenvalue weighted by Crippen LogP contribution is -2.36. The Labute approximate surface area is 175 Å². The minimum absolute atomic E-state index is 0.273. The van der Waals surface area contributed by atoms with E-state index in [-0.39, 0.29) is 6.61 Å². The van der Waals surface area contributed by atoms with Crippen molar-refractivity contribution < 1.29 is 19.3 Å². The number of hydrogen-bond donors (Lipinski definition) is 1. The molecule has 0 saturated heterocycles. The van der Waals surface area contributed by atoms with Gasteiger partial charge in [-0.1, -0.05) is 38.1 Å². The molecular weight excluding hydrogens is 366 g/mol. The Morgan fingerprint density at radius 3 is 2.34 bits per heavy atom. The first-order valence-corrected chi connectivity index (χ1v) is 10.2. The van der Waals surface area contributed by atoms with Gasteiger partial charge in [0.1, 0.15) is 18.5 Å². The van der Waals surface area contributed by atoms with Crippen molar-refractivity contribution in [1.82, 2.24) is 4.90 Å². The van der Waals surface area contributed by atoms with E-state index in [4.69, 9.17) is 14.2 Å². The molecule has 0 aliphatic rings. The molecule has 0 bridgehead atoms. The highest BCUT2D eigenvalue weighted by molar-refractivity contribution is 5.42. The first kappa shape index (κ1) is 23.0. The SMILES string of the molecule is COc1ccc(CN(CCC(C)C)C[C@@H](O)COc2ccccc2C)cc1OC. The van der Waals surface area contributed by atoms with Gasteiger partial charge in [0.25, 0.3) is 0 Å². The summed E-state index contributed by atoms with van der Waals surface area (Å²) >= 11 is 0. The summed E-state index contributed by atoms with van der Waals surface area (Å²) in [7, 11) is 3.28. The Bertz CT molecular complexity index is 747. The van der Waals surface area contributed by atoms with E-state index < -0.39 is 6.10 Å². The average molecular weight is 402 g/mol. The summed E-state index contributed by atoms with van der Waals surface area (Å²) in [6.45, 7) is 8.90. The Balaban J connectivity index is 2.00. The molecule has 1 atom stereocenters. The number of methoxy groups -OCH3 is 2. The van der Waals surface area contributed by atoms with E-state index in [1.165, 1.54) is 0 Å². The van der Waals surface area contributed by atoms with E-state index >= 15 is 0 Å². The molecule has 0 unspecified atom stereocenters. The normalized spacial score (nSPS) is 12.3. The van der Waals surface area contributed by atoms with Crippen molar-refractivity contribution in [2.45, 2.75) is 39.8 Å². The van der Waals surface area contributed by atoms with Crippen LogP contribution >= 0.6 is 0 Å². The third-order valence-electron chi connectivity index (χ3n) is 4.87. The van der Waals surface area contributed by atoms with Crippen LogP contribution in [-0.4, -0.2) is 50.0 Å². The van der Waals surface area contributed by atoms with Gasteiger partial charge in [0, 0.05) is 13.1 Å². The molecule has 160 valence electrons. The number of nitrogens with zero attached hydrogens (tertiary/aromatic N) is 1. The minimum atomic E-state index is -0.568. The van der Waals surface area contributed by atoms with E-state index in [0.717, 1.165) is 47.9 Å². The maximum Gasteiger partial charge on any atom is 0.161 e. The van der Waals surface area contributed by atoms with Crippen LogP contribution < -0.4 is 14.2 Å². The summed E-state index contributed by atoms with van der Waals surface area (Å²) in [5.74, 6) is 2.86. The topological polar surface area (TPSA) is 51.2 Å². The molecule has 0 amide bonds. The number of aryl methyl sites for hydroxylation is 1. The van der Waals surface area contributed by atoms with Crippen LogP contribution in [0.3, 0.4) is 0 Å². The summed E-state index contributed by atoms with van der Waals surface area (Å²) in [4.78, 5) is 2.27. The van der Waals surface area contributed by atoms with Gasteiger partial charge in [0.15, 0.2) is 11.5 Å². The molecule has 0 radical (unpaired) electrons. The summed E-state index contributed by atoms with van der Waals surface area (Å²) in [6.07, 6.45) is 0.500. The molecule has 1 N–H and O–H groups in total. The second-order valence-electron chi connectivity index (χ2n) is 7.84. The Morgan fingerprint density at radius 2 is 1.69 bits per heavy atom. The van der Waals surface area contributed by atoms with Crippen LogP contribution in [0.15, 0.2) is 42.5 Å². The van der Waals surface area contributed by atoms with Gasteiger partial charge in [0.2, 0.25) is 0 Å². The summed E-state index contributed by atoms with van der Waals surface area (Å²) < 4.78 is 16.6. The van der Waals surface area contributed by atoms with Crippen LogP contribution in [-0.2, 0) is 6.54 Å². The third-order valence-corrected chi connectivity index (χ3v) is 4.87. The summed E-state index contributed by atoms with van der Waals surface area (Å²) in [6, 6.07) is 13.8. The van der Waals surface area contributed by atoms with Gasteiger partial charge in [-0.2, -0.15) is 0 Å². The quantitative estimate of drug-likeness (QED) is 0.575. The first-order valence-electron chi connectivity index (χ1n) is 10.2. The molecule has 0 spiro atoms. The number of para-hydroxylation sites is 1. The van der Waals surface area contributed by atoms with E-state index in [1.54, 1.807) is 14.2 Å². The zero-order chi connectivity index (χ0) is 21.2. The molecule has 5 heteroatoms. The predicted octanol–water partition coefficient (Wildman–Crippen LogP) is 4.30. The zero-order valence-electron chi connectivity index (χ0n) is 18.4. The van der Waals surface area contributed by atoms with Gasteiger partial charge in [-0.3, -0.25) is 4.90 Å². The maximum absolute atomic E-state index is 10.6. The lowest BCUT2D eigenvalue weighted by Gasteiger charge is -2.26. The van der Waals surface area contributed by atoms with Crippen LogP contribution in [0.2, 0.25) is 0 Å². The van der Waals surface area contributed by atoms with Gasteiger partial charge in [0.05, 0.1) is 14.2 Å². The molecule has 0 aromatic heterocycles. The Kier molecular flexibility index (Phi) is 9.29. The molecule has 0 heterocycles. The van der Waals surface area contributed by atoms with Gasteiger partial charge in [-0.25, -0.2) is 0 Å². The number of benzene rings is 2. The van der Waals surface area contributed by atoms with Crippen molar-refractivity contribution in [3.8, 4) is 17.2 Å². The van der Waals surface area contributed by atoms with Crippen LogP contribution in [0, 0.1) is 12.8 Å². The van der Waals surface area contributed by atoms with Crippen LogP contribution in [0.5, 0.6) is 17.2 Å². The van der Waals surface area contributed by atoms with Gasteiger partial charge in [-0.15, -0.1) is 0 Å². The average Bonchev–Trinajstić information content (AvgIpc) is 2.71. The largest absolute Gasteiger partial charge is 0.493 e. The standard InChI is InChI=1S/C24H35NO4/c1-18(2)12-13-25(15-20-10-11-23(27-4)24(14-20)28-5)16-21(26)17-29-22-9-7-6-8-19(22)3/h6-11,14,18,21,26H,12-13,15-17H2,1-5H3/t21-/m1/s1. The molecule has 2 aromatic carbocycles. The number of aliphatic hydroxyl groups excluding tert-OH is 1. The van der Waals surface area contributed by atoms with Crippen molar-refractivity contribution in [3.05, 3.63) is 53.6 Å². The van der Waals surface area contributed by atoms with Crippen LogP contribution in [0.25, 0.3) is 0 Å². The third kappa shape index (κ3) is 7.59. The minimum Gasteiger partial charge on any atom is -0.493 e. The highest BCUT2D eigenvalue weighted by Crippen LogP contribution is 2.28. The fourth-order valence-corrected chi connectivity index (χ4v) is 3.17. The van der Waals surface area contributed by atoms with Crippen molar-refractivity contribution in [3.63, 3.8) is 0 Å². The van der Waals surface area contributed by atoms with Gasteiger partial charge in [-0.05, 0) is 55.1 Å². The zero-order valence-corrected chi connectivity index (χ0v) is 18.4. The van der Waals surface area contributed by atoms with E-state index in [0.29, 0.717) is 12.5 Å². The molecule has 0 aliphatic heterocycles. The molecule has 5 nitrogen and oxygen atoms in total. The molecule has 0 saturated carbocycles. The highest BCUT2D eigenvalue weighted by Gasteiger charge is 2.15. The number of hydrogen-bond acceptors (Lipinski definition) is 5. The van der Waals surface area contributed by atoms with Crippen molar-refractivity contribution in [2.75, 3.05) is 33.9 Å². The lowest BCUT2D eigenvalue weighted by molar-refractivity contribution is 0.0637. The van der Waals surface area contributed by atoms with E-state index in [1.807, 2.05) is 49.4 Å². The fourth-order valence-electron chi connectivity index (χ4n) is 3.17. The predicted molar refractivity (Wildman–Crippen MR) is 117 cm³/mol. The van der Waals surface area contributed by atoms with Gasteiger partial charge >= 0.3 is 0 Å². The first-order chi connectivity index (χ1) is 13.9. The fraction of sp³-hybridized carbons (Fsp3) is 0.500. The second kappa shape index (κ2) is 11.7. The number of aliphatic hydroxyl groups is 1. The van der Waals surface area contributed by atoms with Crippen molar-refractivity contribution >= 4 is 0 Å². The van der Waals surface area contributed by atoms with E-state index in [2.05, 4.69) is 18.7 Å². The van der Waals surface area contributed by atoms with Crippen molar-refractivity contribution in [1.29, 1.82) is 0 Å². The second-order valence-corrected chi connectivity index (χ2v) is 7.84. The van der Waals surface area contributed by atoms with Crippen molar-refractivity contribution in [2.24, 2.45) is 5.92 Å². The molecular formula is C24H35NO4. The Hall–Kier alpha value is -2.24. The molecule has 2 aromatic rings. The summed E-state index contributed by atoms with van der Waals surface area (Å²) in [5.41, 5.74) is 2.19. The summed E-state index contributed by atoms with van der Waals surface area (Å²) in [5, 5.41) is 10.6. The highest BCUT2D eigenvalue weighted by atomic mass is 16.5. The molecule has 0 fully saturated rings. The molecule has 2 rings (SSSR count). The number of rotatable bonds is 12. The molecule has 0 aliphatic carbocycles. The molecule has 29 heavy (non-hydrogen) atoms. The Morgan fingerprint density at radius 1 is 0.966 bits per heavy atom. The van der Waals surface area contributed by atoms with Crippen LogP contribution in [0.1, 0.15) is 31.4 Å². The number of ether oxygens (including phenoxy) is 3.